The Morgan fingerprint density at radius 2 is 1.40 bits per heavy atom. The van der Waals surface area contributed by atoms with Crippen LogP contribution in [0.4, 0.5) is 13.2 Å². The number of ether oxygens (including phenoxy) is 1. The van der Waals surface area contributed by atoms with Crippen LogP contribution in [-0.4, -0.2) is 6.11 Å². The van der Waals surface area contributed by atoms with Gasteiger partial charge in [-0.05, 0) is 135 Å². The highest BCUT2D eigenvalue weighted by Crippen LogP contribution is 2.46. The molecular weight excluding hydrogens is 531 g/mol. The van der Waals surface area contributed by atoms with E-state index < -0.39 is 12.0 Å². The van der Waals surface area contributed by atoms with Gasteiger partial charge < -0.3 is 4.74 Å². The molecule has 5 rings (SSSR count). The van der Waals surface area contributed by atoms with Gasteiger partial charge >= 0.3 is 6.11 Å². The number of hydrogen-bond donors (Lipinski definition) is 0. The average Bonchev–Trinajstić information content (AvgIpc) is 3.02. The van der Waals surface area contributed by atoms with Crippen molar-refractivity contribution in [3.05, 3.63) is 65.0 Å². The Morgan fingerprint density at radius 1 is 0.786 bits per heavy atom. The van der Waals surface area contributed by atoms with Gasteiger partial charge in [-0.25, -0.2) is 4.39 Å². The molecule has 2 nitrogen and oxygen atoms in total. The molecule has 2 aromatic carbocycles. The SMILES string of the molecule is CCCCCC1CCC(C2CCC(c3ccc(C4CCC(C(F)(F)Oc5ccc(C#N)cc5)CC4)c(F)c3)CC2)CC1. The Bertz CT molecular complexity index is 1160. The second-order valence-corrected chi connectivity index (χ2v) is 13.5. The van der Waals surface area contributed by atoms with Crippen LogP contribution in [0.5, 0.6) is 5.75 Å². The summed E-state index contributed by atoms with van der Waals surface area (Å²) in [4.78, 5) is 0. The molecule has 42 heavy (non-hydrogen) atoms. The molecule has 0 unspecified atom stereocenters. The summed E-state index contributed by atoms with van der Waals surface area (Å²) in [5.74, 6) is 2.08. The van der Waals surface area contributed by atoms with Crippen LogP contribution < -0.4 is 4.74 Å². The van der Waals surface area contributed by atoms with Gasteiger partial charge in [0.05, 0.1) is 17.6 Å². The molecule has 0 N–H and O–H groups in total. The van der Waals surface area contributed by atoms with Crippen LogP contribution in [0.25, 0.3) is 0 Å². The minimum atomic E-state index is -3.30. The molecule has 3 aliphatic rings. The van der Waals surface area contributed by atoms with Gasteiger partial charge in [0, 0.05) is 0 Å². The predicted octanol–water partition coefficient (Wildman–Crippen LogP) is 11.3. The zero-order valence-electron chi connectivity index (χ0n) is 25.3. The van der Waals surface area contributed by atoms with Crippen molar-refractivity contribution in [3.8, 4) is 11.8 Å². The molecule has 0 saturated heterocycles. The van der Waals surface area contributed by atoms with Gasteiger partial charge in [0.25, 0.3) is 0 Å². The third-order valence-corrected chi connectivity index (χ3v) is 10.9. The summed E-state index contributed by atoms with van der Waals surface area (Å²) in [6.45, 7) is 2.28. The summed E-state index contributed by atoms with van der Waals surface area (Å²) in [6.07, 6.45) is 14.4. The van der Waals surface area contributed by atoms with Crippen molar-refractivity contribution in [3.63, 3.8) is 0 Å². The number of nitrogens with zero attached hydrogens (tertiary/aromatic N) is 1. The lowest BCUT2D eigenvalue weighted by Crippen LogP contribution is -2.37. The van der Waals surface area contributed by atoms with Gasteiger partial charge in [0.2, 0.25) is 0 Å². The zero-order chi connectivity index (χ0) is 29.5. The minimum absolute atomic E-state index is 0.0335. The number of hydrogen-bond acceptors (Lipinski definition) is 2. The highest BCUT2D eigenvalue weighted by molar-refractivity contribution is 5.35. The van der Waals surface area contributed by atoms with E-state index in [0.717, 1.165) is 36.2 Å². The summed E-state index contributed by atoms with van der Waals surface area (Å²) in [6, 6.07) is 13.5. The van der Waals surface area contributed by atoms with E-state index >= 15 is 4.39 Å². The van der Waals surface area contributed by atoms with Gasteiger partial charge in [-0.1, -0.05) is 57.6 Å². The standard InChI is InChI=1S/C37H48F3NO/c1-2-3-4-5-26-6-10-28(11-7-26)29-12-14-30(15-13-29)32-18-23-35(36(38)24-32)31-16-19-33(20-17-31)37(39,40)42-34-21-8-27(25-41)9-22-34/h8-9,18,21-24,26,28-31,33H,2-7,10-17,19-20H2,1H3. The van der Waals surface area contributed by atoms with Crippen LogP contribution in [0.1, 0.15) is 138 Å². The first-order valence-electron chi connectivity index (χ1n) is 16.7. The lowest BCUT2D eigenvalue weighted by Gasteiger charge is -2.38. The third-order valence-electron chi connectivity index (χ3n) is 10.9. The van der Waals surface area contributed by atoms with E-state index in [0.29, 0.717) is 42.7 Å². The Labute approximate surface area is 251 Å². The van der Waals surface area contributed by atoms with Crippen molar-refractivity contribution < 1.29 is 17.9 Å². The first-order valence-corrected chi connectivity index (χ1v) is 16.7. The normalized spacial score (nSPS) is 28.6. The number of nitriles is 1. The summed E-state index contributed by atoms with van der Waals surface area (Å²) in [5, 5.41) is 8.90. The van der Waals surface area contributed by atoms with Crippen LogP contribution in [0.15, 0.2) is 42.5 Å². The maximum atomic E-state index is 15.4. The number of halogens is 3. The fourth-order valence-corrected chi connectivity index (χ4v) is 8.26. The zero-order valence-corrected chi connectivity index (χ0v) is 25.3. The van der Waals surface area contributed by atoms with E-state index in [2.05, 4.69) is 13.0 Å². The van der Waals surface area contributed by atoms with Gasteiger partial charge in [0.1, 0.15) is 11.6 Å². The van der Waals surface area contributed by atoms with Crippen LogP contribution in [0.3, 0.4) is 0 Å². The molecule has 0 aromatic heterocycles. The molecule has 3 fully saturated rings. The van der Waals surface area contributed by atoms with Crippen molar-refractivity contribution in [2.24, 2.45) is 23.7 Å². The van der Waals surface area contributed by atoms with Crippen LogP contribution in [-0.2, 0) is 0 Å². The van der Waals surface area contributed by atoms with Crippen LogP contribution in [0, 0.1) is 40.8 Å². The van der Waals surface area contributed by atoms with Crippen LogP contribution >= 0.6 is 0 Å². The van der Waals surface area contributed by atoms with Crippen LogP contribution in [0.2, 0.25) is 0 Å². The lowest BCUT2D eigenvalue weighted by molar-refractivity contribution is -0.222. The van der Waals surface area contributed by atoms with Crippen molar-refractivity contribution in [2.45, 2.75) is 128 Å². The number of benzene rings is 2. The molecule has 5 heteroatoms. The second-order valence-electron chi connectivity index (χ2n) is 13.5. The molecule has 0 heterocycles. The maximum absolute atomic E-state index is 15.4. The Hall–Kier alpha value is -2.48. The van der Waals surface area contributed by atoms with E-state index in [1.165, 1.54) is 88.5 Å². The summed E-state index contributed by atoms with van der Waals surface area (Å²) >= 11 is 0. The van der Waals surface area contributed by atoms with Crippen molar-refractivity contribution in [1.29, 1.82) is 5.26 Å². The minimum Gasteiger partial charge on any atom is -0.432 e. The second kappa shape index (κ2) is 14.3. The molecule has 2 aromatic rings. The average molecular weight is 580 g/mol. The Morgan fingerprint density at radius 3 is 2.00 bits per heavy atom. The smallest absolute Gasteiger partial charge is 0.400 e. The number of unbranched alkanes of at least 4 members (excludes halogenated alkanes) is 2. The molecule has 0 bridgehead atoms. The Balaban J connectivity index is 1.08. The highest BCUT2D eigenvalue weighted by atomic mass is 19.3. The van der Waals surface area contributed by atoms with E-state index in [1.54, 1.807) is 6.07 Å². The quantitative estimate of drug-likeness (QED) is 0.262. The fraction of sp³-hybridized carbons (Fsp3) is 0.649. The van der Waals surface area contributed by atoms with Gasteiger partial charge in [-0.2, -0.15) is 14.0 Å². The first kappa shape index (κ1) is 31.0. The highest BCUT2D eigenvalue weighted by Gasteiger charge is 2.44. The molecule has 228 valence electrons. The van der Waals surface area contributed by atoms with E-state index in [1.807, 2.05) is 12.1 Å². The van der Waals surface area contributed by atoms with E-state index in [-0.39, 0.29) is 17.5 Å². The molecule has 3 saturated carbocycles. The predicted molar refractivity (Wildman–Crippen MR) is 162 cm³/mol. The summed E-state index contributed by atoms with van der Waals surface area (Å²) in [5.41, 5.74) is 2.20. The van der Waals surface area contributed by atoms with Gasteiger partial charge in [-0.15, -0.1) is 0 Å². The largest absolute Gasteiger partial charge is 0.432 e. The summed E-state index contributed by atoms with van der Waals surface area (Å²) < 4.78 is 50.2. The lowest BCUT2D eigenvalue weighted by atomic mass is 9.68. The molecule has 3 aliphatic carbocycles. The first-order chi connectivity index (χ1) is 20.4. The van der Waals surface area contributed by atoms with Gasteiger partial charge in [0.15, 0.2) is 0 Å². The van der Waals surface area contributed by atoms with E-state index in [9.17, 15) is 8.78 Å². The topological polar surface area (TPSA) is 33.0 Å². The fourth-order valence-electron chi connectivity index (χ4n) is 8.26. The van der Waals surface area contributed by atoms with Crippen molar-refractivity contribution in [1.82, 2.24) is 0 Å². The molecule has 0 radical (unpaired) electrons. The number of rotatable bonds is 10. The van der Waals surface area contributed by atoms with Crippen molar-refractivity contribution in [2.75, 3.05) is 0 Å². The Kier molecular flexibility index (Phi) is 10.6. The molecule has 0 spiro atoms. The maximum Gasteiger partial charge on any atom is 0.400 e. The monoisotopic (exact) mass is 579 g/mol. The summed E-state index contributed by atoms with van der Waals surface area (Å²) in [7, 11) is 0. The molecule has 0 amide bonds. The molecule has 0 aliphatic heterocycles. The molecular formula is C37H48F3NO. The number of alkyl halides is 2. The third kappa shape index (κ3) is 7.72. The van der Waals surface area contributed by atoms with E-state index in [4.69, 9.17) is 10.00 Å². The van der Waals surface area contributed by atoms with Gasteiger partial charge in [-0.3, -0.25) is 0 Å². The molecule has 0 atom stereocenters. The van der Waals surface area contributed by atoms with Crippen molar-refractivity contribution >= 4 is 0 Å².